The first-order valence-electron chi connectivity index (χ1n) is 14.2. The fraction of sp³-hybridized carbons (Fsp3) is 0.419. The first kappa shape index (κ1) is 27.0. The van der Waals surface area contributed by atoms with Gasteiger partial charge in [-0.05, 0) is 55.5 Å². The van der Waals surface area contributed by atoms with Crippen LogP contribution in [0.5, 0.6) is 5.88 Å². The first-order chi connectivity index (χ1) is 20.4. The molecule has 216 valence electrons. The highest BCUT2D eigenvalue weighted by molar-refractivity contribution is 7.20. The Hall–Kier alpha value is -3.85. The minimum Gasteiger partial charge on any atom is -0.477 e. The van der Waals surface area contributed by atoms with E-state index in [1.165, 1.54) is 17.4 Å². The Balaban J connectivity index is 1.05. The maximum Gasteiger partial charge on any atom is 0.346 e. The summed E-state index contributed by atoms with van der Waals surface area (Å²) in [5.74, 6) is 0.940. The molecule has 4 atom stereocenters. The number of hydrogen-bond donors (Lipinski definition) is 1. The highest BCUT2D eigenvalue weighted by Gasteiger charge is 2.65. The van der Waals surface area contributed by atoms with Gasteiger partial charge >= 0.3 is 5.97 Å². The zero-order valence-electron chi connectivity index (χ0n) is 23.1. The number of nitrogens with zero attached hydrogens (tertiary/aromatic N) is 5. The van der Waals surface area contributed by atoms with E-state index in [4.69, 9.17) is 24.7 Å². The molecule has 0 amide bonds. The van der Waals surface area contributed by atoms with Crippen molar-refractivity contribution < 1.29 is 23.8 Å². The number of carboxylic acid groups (broad SMARTS) is 1. The van der Waals surface area contributed by atoms with E-state index < -0.39 is 11.8 Å². The van der Waals surface area contributed by atoms with Crippen LogP contribution >= 0.6 is 11.3 Å². The zero-order valence-corrected chi connectivity index (χ0v) is 23.9. The molecular weight excluding hydrogens is 557 g/mol. The molecule has 2 saturated heterocycles. The average molecular weight is 588 g/mol. The Bertz CT molecular complexity index is 1730. The molecule has 1 saturated carbocycles. The second-order valence-electron chi connectivity index (χ2n) is 11.5. The molecule has 0 spiro atoms. The summed E-state index contributed by atoms with van der Waals surface area (Å²) in [5, 5.41) is 18.4. The van der Waals surface area contributed by atoms with E-state index >= 15 is 0 Å². The van der Waals surface area contributed by atoms with Crippen molar-refractivity contribution in [3.63, 3.8) is 0 Å². The van der Waals surface area contributed by atoms with Crippen LogP contribution in [0.4, 0.5) is 4.39 Å². The van der Waals surface area contributed by atoms with Crippen molar-refractivity contribution >= 4 is 27.7 Å². The molecule has 4 aromatic rings. The monoisotopic (exact) mass is 587 g/mol. The molecule has 0 bridgehead atoms. The van der Waals surface area contributed by atoms with Crippen molar-refractivity contribution in [2.45, 2.75) is 51.0 Å². The molecule has 0 unspecified atom stereocenters. The number of halogens is 1. The number of carboxylic acids is 1. The maximum absolute atomic E-state index is 14.3. The molecule has 3 aromatic heterocycles. The number of ether oxygens (including phenoxy) is 2. The lowest BCUT2D eigenvalue weighted by Gasteiger charge is -2.32. The number of hydrogen-bond acceptors (Lipinski definition) is 8. The van der Waals surface area contributed by atoms with Crippen LogP contribution in [-0.2, 0) is 29.8 Å². The summed E-state index contributed by atoms with van der Waals surface area (Å²) in [5.41, 5.74) is 2.40. The Morgan fingerprint density at radius 2 is 2.17 bits per heavy atom. The molecule has 1 N–H and O–H groups in total. The molecule has 3 aliphatic rings. The van der Waals surface area contributed by atoms with Gasteiger partial charge in [0.25, 0.3) is 0 Å². The number of thiophene rings is 1. The highest BCUT2D eigenvalue weighted by Crippen LogP contribution is 2.63. The summed E-state index contributed by atoms with van der Waals surface area (Å²) in [4.78, 5) is 24.9. The number of likely N-dealkylation sites (tertiary alicyclic amines) is 1. The van der Waals surface area contributed by atoms with E-state index in [2.05, 4.69) is 22.5 Å². The topological polar surface area (TPSA) is 114 Å². The van der Waals surface area contributed by atoms with Crippen LogP contribution in [0.1, 0.15) is 52.1 Å². The van der Waals surface area contributed by atoms with E-state index in [1.54, 1.807) is 24.3 Å². The number of benzene rings is 1. The van der Waals surface area contributed by atoms with Crippen molar-refractivity contribution in [1.82, 2.24) is 19.4 Å². The largest absolute Gasteiger partial charge is 0.477 e. The van der Waals surface area contributed by atoms with Crippen LogP contribution in [0.2, 0.25) is 0 Å². The molecule has 5 heterocycles. The normalized spacial score (nSPS) is 25.0. The summed E-state index contributed by atoms with van der Waals surface area (Å²) < 4.78 is 28.1. The van der Waals surface area contributed by atoms with Gasteiger partial charge in [0.15, 0.2) is 0 Å². The number of nitriles is 1. The lowest BCUT2D eigenvalue weighted by Crippen LogP contribution is -2.37. The SMILES string of the molecule is C[C@H]1[C@H]2CN(Cc3nc4cc(C(=O)O)sc4n3C[C@@H]3CCO3)CC[C@]21c1cccc(OCc2ccc(C#N)cc2F)n1. The van der Waals surface area contributed by atoms with Crippen molar-refractivity contribution in [1.29, 1.82) is 5.26 Å². The first-order valence-corrected chi connectivity index (χ1v) is 15.0. The highest BCUT2D eigenvalue weighted by atomic mass is 32.1. The van der Waals surface area contributed by atoms with Gasteiger partial charge in [-0.25, -0.2) is 19.2 Å². The molecule has 0 radical (unpaired) electrons. The average Bonchev–Trinajstić information content (AvgIpc) is 3.21. The van der Waals surface area contributed by atoms with Gasteiger partial charge < -0.3 is 19.1 Å². The van der Waals surface area contributed by atoms with Gasteiger partial charge in [-0.3, -0.25) is 4.90 Å². The van der Waals surface area contributed by atoms with Crippen molar-refractivity contribution in [2.75, 3.05) is 19.7 Å². The third kappa shape index (κ3) is 4.64. The van der Waals surface area contributed by atoms with E-state index in [9.17, 15) is 14.3 Å². The molecule has 1 aromatic carbocycles. The molecular formula is C31H30FN5O4S. The van der Waals surface area contributed by atoms with Crippen LogP contribution in [0.15, 0.2) is 42.5 Å². The second-order valence-corrected chi connectivity index (χ2v) is 12.5. The van der Waals surface area contributed by atoms with Gasteiger partial charge in [-0.2, -0.15) is 5.26 Å². The molecule has 1 aliphatic carbocycles. The second kappa shape index (κ2) is 10.5. The number of fused-ring (bicyclic) bond motifs is 2. The van der Waals surface area contributed by atoms with Crippen molar-refractivity contribution in [3.05, 3.63) is 75.8 Å². The standard InChI is InChI=1S/C31H30FN5O4S/c1-18-22-15-36(16-27-34-24-12-25(30(38)39)42-29(24)37(27)14-21-7-10-40-21)9-8-31(18,22)26-3-2-4-28(35-26)41-17-20-6-5-19(13-33)11-23(20)32/h2-6,11-12,18,21-22H,7-10,14-17H2,1H3,(H,38,39)/t18-,21-,22+,31+/m0/s1. The number of aromatic nitrogens is 3. The van der Waals surface area contributed by atoms with Crippen LogP contribution in [-0.4, -0.2) is 56.3 Å². The fourth-order valence-electron chi connectivity index (χ4n) is 6.72. The van der Waals surface area contributed by atoms with Gasteiger partial charge in [-0.15, -0.1) is 11.3 Å². The van der Waals surface area contributed by atoms with Gasteiger partial charge in [0.1, 0.15) is 33.5 Å². The quantitative estimate of drug-likeness (QED) is 0.292. The lowest BCUT2D eigenvalue weighted by atomic mass is 9.90. The zero-order chi connectivity index (χ0) is 29.0. The molecule has 7 rings (SSSR count). The molecule has 9 nitrogen and oxygen atoms in total. The number of rotatable bonds is 9. The number of pyridine rings is 1. The van der Waals surface area contributed by atoms with Crippen LogP contribution in [0.3, 0.4) is 0 Å². The van der Waals surface area contributed by atoms with Gasteiger partial charge in [0.05, 0.1) is 36.5 Å². The third-order valence-corrected chi connectivity index (χ3v) is 10.4. The smallest absolute Gasteiger partial charge is 0.346 e. The van der Waals surface area contributed by atoms with Crippen LogP contribution in [0, 0.1) is 29.0 Å². The minimum atomic E-state index is -0.925. The van der Waals surface area contributed by atoms with E-state index in [0.29, 0.717) is 41.2 Å². The van der Waals surface area contributed by atoms with Crippen LogP contribution in [0.25, 0.3) is 10.3 Å². The molecule has 2 aliphatic heterocycles. The summed E-state index contributed by atoms with van der Waals surface area (Å²) >= 11 is 1.28. The number of imidazole rings is 1. The number of aromatic carboxylic acids is 1. The van der Waals surface area contributed by atoms with Crippen LogP contribution < -0.4 is 4.74 Å². The summed E-state index contributed by atoms with van der Waals surface area (Å²) in [7, 11) is 0. The fourth-order valence-corrected chi connectivity index (χ4v) is 7.68. The van der Waals surface area contributed by atoms with Crippen molar-refractivity contribution in [2.24, 2.45) is 11.8 Å². The predicted molar refractivity (Wildman–Crippen MR) is 153 cm³/mol. The predicted octanol–water partition coefficient (Wildman–Crippen LogP) is 4.98. The molecule has 3 fully saturated rings. The van der Waals surface area contributed by atoms with E-state index in [0.717, 1.165) is 54.4 Å². The minimum absolute atomic E-state index is 0.0124. The Morgan fingerprint density at radius 1 is 1.31 bits per heavy atom. The summed E-state index contributed by atoms with van der Waals surface area (Å²) in [6, 6.07) is 13.8. The number of carbonyl (C=O) groups is 1. The number of piperidine rings is 1. The van der Waals surface area contributed by atoms with Gasteiger partial charge in [-0.1, -0.05) is 19.1 Å². The van der Waals surface area contributed by atoms with Crippen molar-refractivity contribution in [3.8, 4) is 11.9 Å². The van der Waals surface area contributed by atoms with Gasteiger partial charge in [0.2, 0.25) is 5.88 Å². The van der Waals surface area contributed by atoms with Gasteiger partial charge in [0, 0.05) is 30.2 Å². The van der Waals surface area contributed by atoms with E-state index in [1.807, 2.05) is 12.1 Å². The maximum atomic E-state index is 14.3. The Labute approximate surface area is 246 Å². The lowest BCUT2D eigenvalue weighted by molar-refractivity contribution is -0.0591. The Kier molecular flexibility index (Phi) is 6.72. The molecule has 42 heavy (non-hydrogen) atoms. The summed E-state index contributed by atoms with van der Waals surface area (Å²) in [6.45, 7) is 6.29. The summed E-state index contributed by atoms with van der Waals surface area (Å²) in [6.07, 6.45) is 2.10. The Morgan fingerprint density at radius 3 is 2.88 bits per heavy atom. The van der Waals surface area contributed by atoms with E-state index in [-0.39, 0.29) is 23.7 Å². The third-order valence-electron chi connectivity index (χ3n) is 9.28. The molecule has 11 heteroatoms.